The molecule has 0 aromatic heterocycles. The predicted octanol–water partition coefficient (Wildman–Crippen LogP) is 5.49. The molecule has 1 aromatic carbocycles. The molecule has 1 rings (SSSR count). The van der Waals surface area contributed by atoms with Crippen LogP contribution in [0.15, 0.2) is 24.3 Å². The van der Waals surface area contributed by atoms with Gasteiger partial charge in [-0.3, -0.25) is 0 Å². The summed E-state index contributed by atoms with van der Waals surface area (Å²) in [5.41, 5.74) is 3.02. The van der Waals surface area contributed by atoms with E-state index < -0.39 is 0 Å². The van der Waals surface area contributed by atoms with Crippen LogP contribution >= 0.6 is 0 Å². The molecule has 0 aliphatic heterocycles. The second kappa shape index (κ2) is 6.73. The summed E-state index contributed by atoms with van der Waals surface area (Å²) in [5, 5.41) is 0. The fourth-order valence-corrected chi connectivity index (χ4v) is 2.23. The molecule has 0 fully saturated rings. The molecule has 90 valence electrons. The molecule has 0 heteroatoms. The first-order chi connectivity index (χ1) is 7.69. The van der Waals surface area contributed by atoms with E-state index in [1.54, 1.807) is 5.56 Å². The first-order valence-electron chi connectivity index (χ1n) is 6.78. The van der Waals surface area contributed by atoms with Gasteiger partial charge in [0.05, 0.1) is 0 Å². The molecule has 0 N–H and O–H groups in total. The van der Waals surface area contributed by atoms with Crippen molar-refractivity contribution >= 4 is 0 Å². The van der Waals surface area contributed by atoms with Crippen LogP contribution in [0.3, 0.4) is 0 Å². The molecule has 0 radical (unpaired) electrons. The minimum Gasteiger partial charge on any atom is -0.0654 e. The van der Waals surface area contributed by atoms with Crippen LogP contribution in [0.1, 0.15) is 76.3 Å². The lowest BCUT2D eigenvalue weighted by Crippen LogP contribution is -1.99. The third kappa shape index (κ3) is 3.66. The van der Waals surface area contributed by atoms with E-state index in [2.05, 4.69) is 52.0 Å². The molecule has 1 unspecified atom stereocenters. The topological polar surface area (TPSA) is 0 Å². The SMILES string of the molecule is CCCCC(CC)c1cccc(C(C)C)c1. The Labute approximate surface area is 101 Å². The monoisotopic (exact) mass is 218 g/mol. The molecule has 0 aliphatic rings. The molecular weight excluding hydrogens is 192 g/mol. The normalized spacial score (nSPS) is 13.1. The Bertz CT molecular complexity index is 299. The van der Waals surface area contributed by atoms with Crippen molar-refractivity contribution in [3.63, 3.8) is 0 Å². The number of rotatable bonds is 6. The lowest BCUT2D eigenvalue weighted by Gasteiger charge is -2.17. The van der Waals surface area contributed by atoms with Crippen molar-refractivity contribution < 1.29 is 0 Å². The van der Waals surface area contributed by atoms with Gasteiger partial charge in [-0.25, -0.2) is 0 Å². The fourth-order valence-electron chi connectivity index (χ4n) is 2.23. The second-order valence-electron chi connectivity index (χ2n) is 5.07. The minimum absolute atomic E-state index is 0.642. The molecule has 0 heterocycles. The quantitative estimate of drug-likeness (QED) is 0.592. The maximum atomic E-state index is 2.41. The van der Waals surface area contributed by atoms with Crippen molar-refractivity contribution in [3.05, 3.63) is 35.4 Å². The van der Waals surface area contributed by atoms with Crippen molar-refractivity contribution in [2.75, 3.05) is 0 Å². The van der Waals surface area contributed by atoms with Crippen LogP contribution in [-0.4, -0.2) is 0 Å². The van der Waals surface area contributed by atoms with Crippen molar-refractivity contribution in [2.45, 2.75) is 65.2 Å². The van der Waals surface area contributed by atoms with E-state index in [9.17, 15) is 0 Å². The largest absolute Gasteiger partial charge is 0.0654 e. The van der Waals surface area contributed by atoms with Gasteiger partial charge in [0.15, 0.2) is 0 Å². The molecule has 0 amide bonds. The van der Waals surface area contributed by atoms with Crippen LogP contribution in [-0.2, 0) is 0 Å². The fraction of sp³-hybridized carbons (Fsp3) is 0.625. The molecule has 0 spiro atoms. The van der Waals surface area contributed by atoms with E-state index in [0.29, 0.717) is 5.92 Å². The van der Waals surface area contributed by atoms with Gasteiger partial charge in [-0.15, -0.1) is 0 Å². The Balaban J connectivity index is 2.79. The first kappa shape index (κ1) is 13.3. The number of hydrogen-bond acceptors (Lipinski definition) is 0. The van der Waals surface area contributed by atoms with Crippen molar-refractivity contribution in [3.8, 4) is 0 Å². The summed E-state index contributed by atoms with van der Waals surface area (Å²) >= 11 is 0. The van der Waals surface area contributed by atoms with Crippen molar-refractivity contribution in [2.24, 2.45) is 0 Å². The van der Waals surface area contributed by atoms with Gasteiger partial charge in [0.25, 0.3) is 0 Å². The van der Waals surface area contributed by atoms with Gasteiger partial charge in [-0.05, 0) is 35.8 Å². The number of unbranched alkanes of at least 4 members (excludes halogenated alkanes) is 1. The highest BCUT2D eigenvalue weighted by atomic mass is 14.1. The summed E-state index contributed by atoms with van der Waals surface area (Å²) in [5.74, 6) is 1.40. The van der Waals surface area contributed by atoms with Gasteiger partial charge in [0.1, 0.15) is 0 Å². The Morgan fingerprint density at radius 3 is 2.31 bits per heavy atom. The average molecular weight is 218 g/mol. The Morgan fingerprint density at radius 2 is 1.75 bits per heavy atom. The summed E-state index contributed by atoms with van der Waals surface area (Å²) in [4.78, 5) is 0. The Kier molecular flexibility index (Phi) is 5.59. The van der Waals surface area contributed by atoms with E-state index in [1.165, 1.54) is 31.2 Å². The molecule has 1 aromatic rings. The van der Waals surface area contributed by atoms with Crippen LogP contribution in [0.5, 0.6) is 0 Å². The van der Waals surface area contributed by atoms with Crippen LogP contribution in [0.2, 0.25) is 0 Å². The average Bonchev–Trinajstić information content (AvgIpc) is 2.30. The Morgan fingerprint density at radius 1 is 1.06 bits per heavy atom. The standard InChI is InChI=1S/C16H26/c1-5-7-9-14(6-2)16-11-8-10-15(12-16)13(3)4/h8,10-14H,5-7,9H2,1-4H3. The van der Waals surface area contributed by atoms with Crippen LogP contribution in [0.25, 0.3) is 0 Å². The predicted molar refractivity (Wildman–Crippen MR) is 73.1 cm³/mol. The third-order valence-corrected chi connectivity index (χ3v) is 3.45. The highest BCUT2D eigenvalue weighted by molar-refractivity contribution is 5.28. The van der Waals surface area contributed by atoms with Gasteiger partial charge in [0.2, 0.25) is 0 Å². The van der Waals surface area contributed by atoms with E-state index in [1.807, 2.05) is 0 Å². The molecule has 0 nitrogen and oxygen atoms in total. The lowest BCUT2D eigenvalue weighted by atomic mass is 9.89. The summed E-state index contributed by atoms with van der Waals surface area (Å²) in [7, 11) is 0. The van der Waals surface area contributed by atoms with E-state index >= 15 is 0 Å². The van der Waals surface area contributed by atoms with E-state index in [4.69, 9.17) is 0 Å². The zero-order valence-electron chi connectivity index (χ0n) is 11.3. The van der Waals surface area contributed by atoms with Crippen molar-refractivity contribution in [1.29, 1.82) is 0 Å². The maximum Gasteiger partial charge on any atom is -0.0164 e. The highest BCUT2D eigenvalue weighted by Gasteiger charge is 2.09. The summed E-state index contributed by atoms with van der Waals surface area (Å²) in [6.45, 7) is 9.12. The molecule has 0 saturated heterocycles. The molecule has 0 bridgehead atoms. The van der Waals surface area contributed by atoms with Gasteiger partial charge in [0, 0.05) is 0 Å². The van der Waals surface area contributed by atoms with Gasteiger partial charge >= 0.3 is 0 Å². The molecular formula is C16H26. The molecule has 16 heavy (non-hydrogen) atoms. The van der Waals surface area contributed by atoms with Crippen molar-refractivity contribution in [1.82, 2.24) is 0 Å². The molecule has 0 saturated carbocycles. The van der Waals surface area contributed by atoms with Crippen LogP contribution < -0.4 is 0 Å². The Hall–Kier alpha value is -0.780. The summed E-state index contributed by atoms with van der Waals surface area (Å²) in [6, 6.07) is 9.18. The highest BCUT2D eigenvalue weighted by Crippen LogP contribution is 2.27. The van der Waals surface area contributed by atoms with Gasteiger partial charge in [-0.2, -0.15) is 0 Å². The second-order valence-corrected chi connectivity index (χ2v) is 5.07. The smallest absolute Gasteiger partial charge is 0.0164 e. The summed E-state index contributed by atoms with van der Waals surface area (Å²) in [6.07, 6.45) is 5.26. The van der Waals surface area contributed by atoms with Crippen LogP contribution in [0, 0.1) is 0 Å². The van der Waals surface area contributed by atoms with E-state index in [-0.39, 0.29) is 0 Å². The van der Waals surface area contributed by atoms with Gasteiger partial charge < -0.3 is 0 Å². The minimum atomic E-state index is 0.642. The van der Waals surface area contributed by atoms with Gasteiger partial charge in [-0.1, -0.05) is 64.8 Å². The maximum absolute atomic E-state index is 2.41. The first-order valence-corrected chi connectivity index (χ1v) is 6.78. The molecule has 0 aliphatic carbocycles. The molecule has 1 atom stereocenters. The lowest BCUT2D eigenvalue weighted by molar-refractivity contribution is 0.569. The zero-order chi connectivity index (χ0) is 12.0. The van der Waals surface area contributed by atoms with E-state index in [0.717, 1.165) is 5.92 Å². The summed E-state index contributed by atoms with van der Waals surface area (Å²) < 4.78 is 0. The number of benzene rings is 1. The zero-order valence-corrected chi connectivity index (χ0v) is 11.3. The number of hydrogen-bond donors (Lipinski definition) is 0. The third-order valence-electron chi connectivity index (χ3n) is 3.45. The van der Waals surface area contributed by atoms with Crippen LogP contribution in [0.4, 0.5) is 0 Å².